The Bertz CT molecular complexity index is 465. The molecule has 0 amide bonds. The minimum atomic E-state index is 0.332. The first kappa shape index (κ1) is 11.1. The summed E-state index contributed by atoms with van der Waals surface area (Å²) in [5.41, 5.74) is 2.17. The van der Waals surface area contributed by atoms with Crippen molar-refractivity contribution in [3.63, 3.8) is 0 Å². The number of rotatable bonds is 4. The van der Waals surface area contributed by atoms with Crippen LogP contribution in [0.15, 0.2) is 54.6 Å². The van der Waals surface area contributed by atoms with Gasteiger partial charge in [0.15, 0.2) is 0 Å². The first-order valence-electron chi connectivity index (χ1n) is 5.11. The Balaban J connectivity index is 2.08. The van der Waals surface area contributed by atoms with Gasteiger partial charge in [0, 0.05) is 0 Å². The van der Waals surface area contributed by atoms with E-state index in [4.69, 9.17) is 0 Å². The van der Waals surface area contributed by atoms with Gasteiger partial charge in [-0.25, -0.2) is 0 Å². The Morgan fingerprint density at radius 2 is 1.62 bits per heavy atom. The second-order valence-electron chi connectivity index (χ2n) is 3.43. The number of hydrogen-bond donors (Lipinski definition) is 0. The Labute approximate surface area is 102 Å². The monoisotopic (exact) mass is 276 g/mol. The Hall–Kier alpha value is -1.37. The zero-order chi connectivity index (χ0) is 11.2. The molecule has 0 aliphatic carbocycles. The van der Waals surface area contributed by atoms with Crippen molar-refractivity contribution < 1.29 is 4.79 Å². The van der Waals surface area contributed by atoms with Gasteiger partial charge >= 0.3 is 102 Å². The average Bonchev–Trinajstić information content (AvgIpc) is 2.38. The average molecular weight is 275 g/mol. The number of hydrogen-bond acceptors (Lipinski definition) is 1. The minimum absolute atomic E-state index is 0.332. The number of carbonyl (C=O) groups excluding carboxylic acids is 1. The summed E-state index contributed by atoms with van der Waals surface area (Å²) in [5.74, 6) is 0. The fraction of sp³-hybridized carbons (Fsp3) is 0.0714. The van der Waals surface area contributed by atoms with Gasteiger partial charge < -0.3 is 0 Å². The van der Waals surface area contributed by atoms with E-state index in [0.29, 0.717) is 15.0 Å². The van der Waals surface area contributed by atoms with Crippen molar-refractivity contribution >= 4 is 25.7 Å². The van der Waals surface area contributed by atoms with E-state index in [1.165, 1.54) is 10.0 Å². The summed E-state index contributed by atoms with van der Waals surface area (Å²) >= 11 is 0.332. The van der Waals surface area contributed by atoms with E-state index in [9.17, 15) is 4.79 Å². The molecule has 0 spiro atoms. The van der Waals surface area contributed by atoms with Crippen LogP contribution in [0.25, 0.3) is 0 Å². The summed E-state index contributed by atoms with van der Waals surface area (Å²) in [6.07, 6.45) is 0.947. The van der Waals surface area contributed by atoms with Crippen LogP contribution in [0, 0.1) is 0 Å². The molecule has 80 valence electrons. The zero-order valence-electron chi connectivity index (χ0n) is 8.80. The Kier molecular flexibility index (Phi) is 3.92. The fourth-order valence-electron chi connectivity index (χ4n) is 1.44. The quantitative estimate of drug-likeness (QED) is 0.616. The molecule has 0 atom stereocenters. The van der Waals surface area contributed by atoms with Crippen LogP contribution in [0.4, 0.5) is 0 Å². The van der Waals surface area contributed by atoms with E-state index >= 15 is 0 Å². The first-order valence-corrected chi connectivity index (χ1v) is 7.18. The van der Waals surface area contributed by atoms with Crippen molar-refractivity contribution in [2.75, 3.05) is 0 Å². The normalized spacial score (nSPS) is 10.0. The van der Waals surface area contributed by atoms with Gasteiger partial charge in [0.1, 0.15) is 0 Å². The van der Waals surface area contributed by atoms with Crippen molar-refractivity contribution in [3.8, 4) is 0 Å². The van der Waals surface area contributed by atoms with Crippen molar-refractivity contribution in [2.24, 2.45) is 0 Å². The predicted molar refractivity (Wildman–Crippen MR) is 67.4 cm³/mol. The first-order chi connectivity index (χ1) is 7.90. The molecule has 0 heterocycles. The van der Waals surface area contributed by atoms with E-state index in [1.54, 1.807) is 0 Å². The molecule has 2 aromatic rings. The van der Waals surface area contributed by atoms with Gasteiger partial charge in [-0.2, -0.15) is 0 Å². The van der Waals surface area contributed by atoms with E-state index < -0.39 is 0 Å². The van der Waals surface area contributed by atoms with Crippen molar-refractivity contribution in [1.29, 1.82) is 0 Å². The second-order valence-corrected chi connectivity index (χ2v) is 5.56. The molecule has 16 heavy (non-hydrogen) atoms. The van der Waals surface area contributed by atoms with Crippen LogP contribution in [0.2, 0.25) is 0 Å². The molecule has 0 fully saturated rings. The van der Waals surface area contributed by atoms with Crippen LogP contribution in [-0.2, 0) is 5.32 Å². The van der Waals surface area contributed by atoms with Crippen molar-refractivity contribution in [2.45, 2.75) is 5.32 Å². The molecule has 2 heteroatoms. The van der Waals surface area contributed by atoms with Gasteiger partial charge in [0.05, 0.1) is 0 Å². The van der Waals surface area contributed by atoms with Crippen LogP contribution >= 0.6 is 0 Å². The molecule has 0 bridgehead atoms. The summed E-state index contributed by atoms with van der Waals surface area (Å²) in [4.78, 5) is 10.8. The Morgan fingerprint density at radius 3 is 2.38 bits per heavy atom. The molecule has 0 saturated carbocycles. The van der Waals surface area contributed by atoms with Crippen molar-refractivity contribution in [3.05, 3.63) is 65.7 Å². The molecule has 0 saturated heterocycles. The number of aldehydes is 1. The molecule has 0 unspecified atom stereocenters. The summed E-state index contributed by atoms with van der Waals surface area (Å²) < 4.78 is 1.19. The summed E-state index contributed by atoms with van der Waals surface area (Å²) in [5, 5.41) is 1.04. The summed E-state index contributed by atoms with van der Waals surface area (Å²) in [6.45, 7) is 0. The SMILES string of the molecule is O=Cc1ccccc1[Se]Cc1ccccc1. The van der Waals surface area contributed by atoms with Crippen LogP contribution in [-0.4, -0.2) is 21.2 Å². The summed E-state index contributed by atoms with van der Waals surface area (Å²) in [7, 11) is 0. The molecular formula is C14H12OSe. The molecule has 0 aliphatic heterocycles. The molecular weight excluding hydrogens is 263 g/mol. The third-order valence-electron chi connectivity index (χ3n) is 2.28. The predicted octanol–water partition coefficient (Wildman–Crippen LogP) is 2.03. The van der Waals surface area contributed by atoms with E-state index in [1.807, 2.05) is 30.3 Å². The molecule has 0 aliphatic rings. The maximum atomic E-state index is 10.8. The topological polar surface area (TPSA) is 17.1 Å². The number of carbonyl (C=O) groups is 1. The third kappa shape index (κ3) is 2.82. The second kappa shape index (κ2) is 5.64. The van der Waals surface area contributed by atoms with E-state index in [2.05, 4.69) is 24.3 Å². The van der Waals surface area contributed by atoms with Crippen LogP contribution < -0.4 is 4.46 Å². The van der Waals surface area contributed by atoms with Gasteiger partial charge in [-0.3, -0.25) is 0 Å². The molecule has 2 rings (SSSR count). The standard InChI is InChI=1S/C14H12OSe/c15-10-13-8-4-5-9-14(13)16-11-12-6-2-1-3-7-12/h1-10H,11H2. The molecule has 1 nitrogen and oxygen atoms in total. The molecule has 2 aromatic carbocycles. The van der Waals surface area contributed by atoms with Crippen LogP contribution in [0.5, 0.6) is 0 Å². The number of benzene rings is 2. The zero-order valence-corrected chi connectivity index (χ0v) is 10.5. The van der Waals surface area contributed by atoms with Gasteiger partial charge in [-0.1, -0.05) is 0 Å². The van der Waals surface area contributed by atoms with Gasteiger partial charge in [-0.15, -0.1) is 0 Å². The molecule has 0 aromatic heterocycles. The van der Waals surface area contributed by atoms with Gasteiger partial charge in [-0.05, 0) is 0 Å². The van der Waals surface area contributed by atoms with Crippen LogP contribution in [0.3, 0.4) is 0 Å². The van der Waals surface area contributed by atoms with Gasteiger partial charge in [0.2, 0.25) is 0 Å². The fourth-order valence-corrected chi connectivity index (χ4v) is 3.48. The van der Waals surface area contributed by atoms with Crippen molar-refractivity contribution in [1.82, 2.24) is 0 Å². The van der Waals surface area contributed by atoms with E-state index in [-0.39, 0.29) is 0 Å². The van der Waals surface area contributed by atoms with E-state index in [0.717, 1.165) is 17.2 Å². The maximum absolute atomic E-state index is 10.8. The molecule has 0 radical (unpaired) electrons. The summed E-state index contributed by atoms with van der Waals surface area (Å²) in [6, 6.07) is 18.2. The third-order valence-corrected chi connectivity index (χ3v) is 4.72. The van der Waals surface area contributed by atoms with Gasteiger partial charge in [0.25, 0.3) is 0 Å². The Morgan fingerprint density at radius 1 is 0.938 bits per heavy atom. The molecule has 0 N–H and O–H groups in total. The van der Waals surface area contributed by atoms with Crippen LogP contribution in [0.1, 0.15) is 15.9 Å².